The molecule has 0 aliphatic heterocycles. The Morgan fingerprint density at radius 2 is 1.85 bits per heavy atom. The van der Waals surface area contributed by atoms with Crippen molar-refractivity contribution in [2.45, 2.75) is 44.1 Å². The highest BCUT2D eigenvalue weighted by atomic mass is 32.2. The highest BCUT2D eigenvalue weighted by Crippen LogP contribution is 2.61. The third-order valence-electron chi connectivity index (χ3n) is 4.99. The summed E-state index contributed by atoms with van der Waals surface area (Å²) in [5.41, 5.74) is -0.859. The quantitative estimate of drug-likeness (QED) is 0.596. The van der Waals surface area contributed by atoms with Crippen LogP contribution in [0, 0.1) is 17.3 Å². The summed E-state index contributed by atoms with van der Waals surface area (Å²) < 4.78 is 36.6. The van der Waals surface area contributed by atoms with Gasteiger partial charge in [0.25, 0.3) is 0 Å². The molecule has 0 spiro atoms. The minimum absolute atomic E-state index is 0.122. The van der Waals surface area contributed by atoms with Gasteiger partial charge in [-0.2, -0.15) is 0 Å². The normalized spacial score (nSPS) is 42.7. The minimum Gasteiger partial charge on any atom is -0.748 e. The molecule has 4 saturated carbocycles. The predicted octanol–water partition coefficient (Wildman–Crippen LogP) is 0.406. The molecule has 4 aliphatic carbocycles. The van der Waals surface area contributed by atoms with E-state index in [0.717, 1.165) is 32.1 Å². The molecule has 2 atom stereocenters. The standard InChI is InChI=1S/C13H20O6S/c14-11(6-20(16,17)18)19-8-12-2-9-1-10(3-12)5-13(15,4-9)7-12/h9-10,15H,1-8H2,(H,16,17,18)/p-1. The lowest BCUT2D eigenvalue weighted by molar-refractivity contribution is -0.185. The maximum Gasteiger partial charge on any atom is 0.319 e. The van der Waals surface area contributed by atoms with Gasteiger partial charge in [-0.1, -0.05) is 0 Å². The number of ether oxygens (including phenoxy) is 1. The first-order valence-corrected chi connectivity index (χ1v) is 8.56. The van der Waals surface area contributed by atoms with Gasteiger partial charge in [0.05, 0.1) is 12.2 Å². The van der Waals surface area contributed by atoms with Gasteiger partial charge < -0.3 is 14.4 Å². The van der Waals surface area contributed by atoms with Crippen molar-refractivity contribution in [1.29, 1.82) is 0 Å². The Labute approximate surface area is 118 Å². The van der Waals surface area contributed by atoms with Crippen LogP contribution in [0.5, 0.6) is 0 Å². The van der Waals surface area contributed by atoms with E-state index in [0.29, 0.717) is 18.3 Å². The number of rotatable bonds is 4. The van der Waals surface area contributed by atoms with Gasteiger partial charge in [-0.25, -0.2) is 8.42 Å². The van der Waals surface area contributed by atoms with E-state index in [1.807, 2.05) is 0 Å². The monoisotopic (exact) mass is 303 g/mol. The average molecular weight is 303 g/mol. The molecule has 0 aromatic heterocycles. The molecule has 0 radical (unpaired) electrons. The van der Waals surface area contributed by atoms with E-state index in [2.05, 4.69) is 0 Å². The maximum absolute atomic E-state index is 11.4. The van der Waals surface area contributed by atoms with E-state index in [9.17, 15) is 22.9 Å². The van der Waals surface area contributed by atoms with E-state index in [1.54, 1.807) is 0 Å². The van der Waals surface area contributed by atoms with Crippen LogP contribution in [0.4, 0.5) is 0 Å². The molecule has 4 fully saturated rings. The lowest BCUT2D eigenvalue weighted by Gasteiger charge is -2.59. The van der Waals surface area contributed by atoms with Crippen molar-refractivity contribution in [2.24, 2.45) is 17.3 Å². The highest BCUT2D eigenvalue weighted by molar-refractivity contribution is 7.86. The van der Waals surface area contributed by atoms with Gasteiger partial charge in [0.15, 0.2) is 0 Å². The molecule has 20 heavy (non-hydrogen) atoms. The zero-order valence-corrected chi connectivity index (χ0v) is 12.0. The fourth-order valence-electron chi connectivity index (χ4n) is 4.99. The second-order valence-corrected chi connectivity index (χ2v) is 8.45. The molecular weight excluding hydrogens is 284 g/mol. The smallest absolute Gasteiger partial charge is 0.319 e. The van der Waals surface area contributed by atoms with Gasteiger partial charge >= 0.3 is 5.97 Å². The number of hydrogen-bond donors (Lipinski definition) is 1. The second kappa shape index (κ2) is 4.42. The Kier molecular flexibility index (Phi) is 3.15. The number of esters is 1. The highest BCUT2D eigenvalue weighted by Gasteiger charge is 2.57. The Balaban J connectivity index is 1.64. The van der Waals surface area contributed by atoms with Crippen LogP contribution in [0.1, 0.15) is 38.5 Å². The number of carbonyl (C=O) groups is 1. The van der Waals surface area contributed by atoms with Crippen LogP contribution in [-0.2, 0) is 19.6 Å². The molecule has 1 N–H and O–H groups in total. The fourth-order valence-corrected chi connectivity index (χ4v) is 5.36. The molecular formula is C13H19O6S-. The predicted molar refractivity (Wildman–Crippen MR) is 67.6 cm³/mol. The SMILES string of the molecule is O=C(CS(=O)(=O)[O-])OCC12CC3CC(CC(O)(C3)C1)C2. The summed E-state index contributed by atoms with van der Waals surface area (Å²) in [5.74, 6) is -1.14. The Morgan fingerprint density at radius 1 is 1.25 bits per heavy atom. The van der Waals surface area contributed by atoms with Crippen molar-refractivity contribution >= 4 is 16.1 Å². The minimum atomic E-state index is -4.59. The molecule has 4 rings (SSSR count). The Hall–Kier alpha value is -0.660. The van der Waals surface area contributed by atoms with Crippen LogP contribution >= 0.6 is 0 Å². The number of carbonyl (C=O) groups excluding carboxylic acids is 1. The molecule has 4 bridgehead atoms. The maximum atomic E-state index is 11.4. The molecule has 7 heteroatoms. The summed E-state index contributed by atoms with van der Waals surface area (Å²) in [7, 11) is -4.59. The summed E-state index contributed by atoms with van der Waals surface area (Å²) in [6.45, 7) is 0.122. The van der Waals surface area contributed by atoms with Gasteiger partial charge in [0.2, 0.25) is 0 Å². The zero-order valence-electron chi connectivity index (χ0n) is 11.2. The van der Waals surface area contributed by atoms with E-state index in [1.165, 1.54) is 0 Å². The molecule has 0 heterocycles. The first-order valence-electron chi connectivity index (χ1n) is 6.99. The van der Waals surface area contributed by atoms with Gasteiger partial charge in [-0.05, 0) is 50.4 Å². The molecule has 114 valence electrons. The summed E-state index contributed by atoms with van der Waals surface area (Å²) >= 11 is 0. The van der Waals surface area contributed by atoms with Crippen LogP contribution in [0.2, 0.25) is 0 Å². The fraction of sp³-hybridized carbons (Fsp3) is 0.923. The molecule has 0 saturated heterocycles. The third-order valence-corrected chi connectivity index (χ3v) is 5.57. The first kappa shape index (κ1) is 14.3. The lowest BCUT2D eigenvalue weighted by Crippen LogP contribution is -2.57. The number of hydrogen-bond acceptors (Lipinski definition) is 6. The zero-order chi connectivity index (χ0) is 14.6. The molecule has 0 amide bonds. The topological polar surface area (TPSA) is 104 Å². The van der Waals surface area contributed by atoms with E-state index in [4.69, 9.17) is 4.74 Å². The van der Waals surface area contributed by atoms with Crippen molar-refractivity contribution in [3.63, 3.8) is 0 Å². The second-order valence-electron chi connectivity index (χ2n) is 7.05. The van der Waals surface area contributed by atoms with E-state index >= 15 is 0 Å². The van der Waals surface area contributed by atoms with E-state index < -0.39 is 27.4 Å². The average Bonchev–Trinajstić information content (AvgIpc) is 2.20. The molecule has 6 nitrogen and oxygen atoms in total. The van der Waals surface area contributed by atoms with Crippen molar-refractivity contribution in [2.75, 3.05) is 12.4 Å². The summed E-state index contributed by atoms with van der Waals surface area (Å²) in [4.78, 5) is 11.4. The van der Waals surface area contributed by atoms with E-state index in [-0.39, 0.29) is 12.0 Å². The van der Waals surface area contributed by atoms with Crippen LogP contribution in [-0.4, -0.2) is 42.0 Å². The summed E-state index contributed by atoms with van der Waals surface area (Å²) in [5, 5.41) is 10.5. The van der Waals surface area contributed by atoms with Crippen molar-refractivity contribution < 1.29 is 27.6 Å². The van der Waals surface area contributed by atoms with Gasteiger partial charge in [0, 0.05) is 5.41 Å². The molecule has 2 unspecified atom stereocenters. The van der Waals surface area contributed by atoms with Crippen LogP contribution < -0.4 is 0 Å². The van der Waals surface area contributed by atoms with Gasteiger partial charge in [0.1, 0.15) is 15.9 Å². The largest absolute Gasteiger partial charge is 0.748 e. The molecule has 4 aliphatic rings. The Bertz CT molecular complexity index is 511. The summed E-state index contributed by atoms with van der Waals surface area (Å²) in [6.07, 6.45) is 5.24. The van der Waals surface area contributed by atoms with Crippen LogP contribution in [0.25, 0.3) is 0 Å². The van der Waals surface area contributed by atoms with Gasteiger partial charge in [-0.15, -0.1) is 0 Å². The number of aliphatic hydroxyl groups is 1. The van der Waals surface area contributed by atoms with Crippen LogP contribution in [0.3, 0.4) is 0 Å². The lowest BCUT2D eigenvalue weighted by atomic mass is 9.48. The van der Waals surface area contributed by atoms with Crippen LogP contribution in [0.15, 0.2) is 0 Å². The molecule has 0 aromatic rings. The first-order chi connectivity index (χ1) is 9.17. The van der Waals surface area contributed by atoms with Crippen molar-refractivity contribution in [3.8, 4) is 0 Å². The van der Waals surface area contributed by atoms with Gasteiger partial charge in [-0.3, -0.25) is 4.79 Å². The third kappa shape index (κ3) is 2.84. The van der Waals surface area contributed by atoms with Crippen molar-refractivity contribution in [1.82, 2.24) is 0 Å². The van der Waals surface area contributed by atoms with Crippen molar-refractivity contribution in [3.05, 3.63) is 0 Å². The molecule has 0 aromatic carbocycles. The Morgan fingerprint density at radius 3 is 2.35 bits per heavy atom. The summed E-state index contributed by atoms with van der Waals surface area (Å²) in [6, 6.07) is 0.